The van der Waals surface area contributed by atoms with Gasteiger partial charge in [-0.3, -0.25) is 4.79 Å². The predicted molar refractivity (Wildman–Crippen MR) is 89.4 cm³/mol. The molecule has 1 aliphatic rings. The number of hydrogen-bond acceptors (Lipinski definition) is 2. The summed E-state index contributed by atoms with van der Waals surface area (Å²) in [6.07, 6.45) is 1.34. The molecule has 0 radical (unpaired) electrons. The number of halogens is 2. The average Bonchev–Trinajstić information content (AvgIpc) is 3.01. The fraction of sp³-hybridized carbons (Fsp3) is 0.222. The number of nitrogens with one attached hydrogen (secondary N) is 3. The third kappa shape index (κ3) is 3.45. The summed E-state index contributed by atoms with van der Waals surface area (Å²) in [6, 6.07) is 8.04. The highest BCUT2D eigenvalue weighted by Crippen LogP contribution is 2.33. The van der Waals surface area contributed by atoms with Crippen LogP contribution in [0.15, 0.2) is 36.4 Å². The maximum absolute atomic E-state index is 13.3. The van der Waals surface area contributed by atoms with Crippen molar-refractivity contribution < 1.29 is 18.4 Å². The summed E-state index contributed by atoms with van der Waals surface area (Å²) in [4.78, 5) is 24.1. The molecule has 1 aliphatic carbocycles. The largest absolute Gasteiger partial charge is 0.341 e. The topological polar surface area (TPSA) is 70.2 Å². The molecule has 3 N–H and O–H groups in total. The molecule has 1 unspecified atom stereocenters. The Kier molecular flexibility index (Phi) is 4.65. The van der Waals surface area contributed by atoms with Crippen LogP contribution in [0.5, 0.6) is 0 Å². The van der Waals surface area contributed by atoms with Crippen LogP contribution in [0.2, 0.25) is 0 Å². The number of amides is 3. The quantitative estimate of drug-likeness (QED) is 0.800. The summed E-state index contributed by atoms with van der Waals surface area (Å²) in [5.41, 5.74) is 2.38. The van der Waals surface area contributed by atoms with Crippen LogP contribution >= 0.6 is 0 Å². The van der Waals surface area contributed by atoms with Gasteiger partial charge in [0, 0.05) is 24.4 Å². The lowest BCUT2D eigenvalue weighted by atomic mass is 10.0. The first kappa shape index (κ1) is 16.9. The second kappa shape index (κ2) is 6.88. The molecule has 1 atom stereocenters. The standard InChI is InChI=1S/C18H17F2N3O2/c1-21-18(25)23-16-8-6-11-12(16)3-2-4-13(11)17(24)22-10-5-7-14(19)15(20)9-10/h2-5,7,9,16H,6,8H2,1H3,(H,22,24)(H2,21,23,25). The highest BCUT2D eigenvalue weighted by molar-refractivity contribution is 6.05. The number of fused-ring (bicyclic) bond motifs is 1. The van der Waals surface area contributed by atoms with Crippen molar-refractivity contribution in [1.29, 1.82) is 0 Å². The number of anilines is 1. The average molecular weight is 345 g/mol. The van der Waals surface area contributed by atoms with Crippen molar-refractivity contribution in [2.24, 2.45) is 0 Å². The highest BCUT2D eigenvalue weighted by Gasteiger charge is 2.27. The Hall–Kier alpha value is -2.96. The lowest BCUT2D eigenvalue weighted by molar-refractivity contribution is 0.102. The summed E-state index contributed by atoms with van der Waals surface area (Å²) in [7, 11) is 1.54. The van der Waals surface area contributed by atoms with Gasteiger partial charge in [-0.25, -0.2) is 13.6 Å². The molecule has 0 spiro atoms. The summed E-state index contributed by atoms with van der Waals surface area (Å²) in [6.45, 7) is 0. The number of rotatable bonds is 3. The molecule has 0 bridgehead atoms. The molecule has 3 amide bonds. The Labute approximate surface area is 143 Å². The Bertz CT molecular complexity index is 839. The molecule has 0 aliphatic heterocycles. The number of carbonyl (C=O) groups excluding carboxylic acids is 2. The van der Waals surface area contributed by atoms with E-state index in [1.807, 2.05) is 6.07 Å². The van der Waals surface area contributed by atoms with E-state index in [-0.39, 0.29) is 17.8 Å². The number of hydrogen-bond donors (Lipinski definition) is 3. The van der Waals surface area contributed by atoms with Crippen molar-refractivity contribution in [3.05, 3.63) is 64.7 Å². The molecule has 0 saturated carbocycles. The zero-order valence-corrected chi connectivity index (χ0v) is 13.5. The van der Waals surface area contributed by atoms with Crippen LogP contribution in [-0.2, 0) is 6.42 Å². The molecule has 0 aromatic heterocycles. The fourth-order valence-corrected chi connectivity index (χ4v) is 3.02. The van der Waals surface area contributed by atoms with Crippen LogP contribution < -0.4 is 16.0 Å². The summed E-state index contributed by atoms with van der Waals surface area (Å²) >= 11 is 0. The number of carbonyl (C=O) groups is 2. The molecule has 7 heteroatoms. The van der Waals surface area contributed by atoms with Crippen LogP contribution in [-0.4, -0.2) is 19.0 Å². The van der Waals surface area contributed by atoms with E-state index in [9.17, 15) is 18.4 Å². The van der Waals surface area contributed by atoms with Gasteiger partial charge < -0.3 is 16.0 Å². The molecule has 3 rings (SSSR count). The van der Waals surface area contributed by atoms with Gasteiger partial charge in [0.05, 0.1) is 6.04 Å². The van der Waals surface area contributed by atoms with Crippen LogP contribution in [0.4, 0.5) is 19.3 Å². The second-order valence-corrected chi connectivity index (χ2v) is 5.77. The van der Waals surface area contributed by atoms with E-state index in [2.05, 4.69) is 16.0 Å². The molecule has 5 nitrogen and oxygen atoms in total. The molecule has 0 fully saturated rings. The molecular weight excluding hydrogens is 328 g/mol. The molecule has 0 heterocycles. The SMILES string of the molecule is CNC(=O)NC1CCc2c(C(=O)Nc3ccc(F)c(F)c3)cccc21. The van der Waals surface area contributed by atoms with E-state index in [0.717, 1.165) is 23.3 Å². The van der Waals surface area contributed by atoms with Crippen molar-refractivity contribution in [2.45, 2.75) is 18.9 Å². The second-order valence-electron chi connectivity index (χ2n) is 5.77. The first-order valence-electron chi connectivity index (χ1n) is 7.86. The summed E-state index contributed by atoms with van der Waals surface area (Å²) in [5.74, 6) is -2.39. The highest BCUT2D eigenvalue weighted by atomic mass is 19.2. The Morgan fingerprint density at radius 1 is 1.12 bits per heavy atom. The van der Waals surface area contributed by atoms with Gasteiger partial charge in [0.2, 0.25) is 0 Å². The third-order valence-electron chi connectivity index (χ3n) is 4.23. The van der Waals surface area contributed by atoms with Crippen molar-refractivity contribution in [3.8, 4) is 0 Å². The first-order valence-corrected chi connectivity index (χ1v) is 7.86. The third-order valence-corrected chi connectivity index (χ3v) is 4.23. The van der Waals surface area contributed by atoms with Crippen molar-refractivity contribution in [2.75, 3.05) is 12.4 Å². The molecule has 2 aromatic carbocycles. The van der Waals surface area contributed by atoms with Gasteiger partial charge in [0.1, 0.15) is 0 Å². The van der Waals surface area contributed by atoms with Crippen molar-refractivity contribution in [1.82, 2.24) is 10.6 Å². The van der Waals surface area contributed by atoms with Gasteiger partial charge in [-0.05, 0) is 42.2 Å². The Morgan fingerprint density at radius 3 is 2.64 bits per heavy atom. The van der Waals surface area contributed by atoms with Gasteiger partial charge in [-0.1, -0.05) is 12.1 Å². The maximum Gasteiger partial charge on any atom is 0.315 e. The van der Waals surface area contributed by atoms with Crippen LogP contribution in [0, 0.1) is 11.6 Å². The van der Waals surface area contributed by atoms with Gasteiger partial charge in [0.25, 0.3) is 5.91 Å². The molecule has 2 aromatic rings. The van der Waals surface area contributed by atoms with Crippen molar-refractivity contribution in [3.63, 3.8) is 0 Å². The van der Waals surface area contributed by atoms with E-state index in [1.54, 1.807) is 12.1 Å². The van der Waals surface area contributed by atoms with Gasteiger partial charge in [-0.2, -0.15) is 0 Å². The summed E-state index contributed by atoms with van der Waals surface area (Å²) < 4.78 is 26.3. The van der Waals surface area contributed by atoms with Gasteiger partial charge in [-0.15, -0.1) is 0 Å². The predicted octanol–water partition coefficient (Wildman–Crippen LogP) is 3.13. The minimum Gasteiger partial charge on any atom is -0.341 e. The summed E-state index contributed by atoms with van der Waals surface area (Å²) in [5, 5.41) is 7.93. The van der Waals surface area contributed by atoms with E-state index in [4.69, 9.17) is 0 Å². The number of urea groups is 1. The van der Waals surface area contributed by atoms with Crippen LogP contribution in [0.3, 0.4) is 0 Å². The molecule has 130 valence electrons. The minimum absolute atomic E-state index is 0.161. The number of benzene rings is 2. The normalized spacial score (nSPS) is 15.4. The Balaban J connectivity index is 1.82. The van der Waals surface area contributed by atoms with E-state index in [1.165, 1.54) is 13.1 Å². The van der Waals surface area contributed by atoms with Gasteiger partial charge >= 0.3 is 6.03 Å². The minimum atomic E-state index is -1.02. The zero-order valence-electron chi connectivity index (χ0n) is 13.5. The zero-order chi connectivity index (χ0) is 18.0. The Morgan fingerprint density at radius 2 is 1.92 bits per heavy atom. The molecular formula is C18H17F2N3O2. The van der Waals surface area contributed by atoms with Gasteiger partial charge in [0.15, 0.2) is 11.6 Å². The molecule has 25 heavy (non-hydrogen) atoms. The van der Waals surface area contributed by atoms with Crippen LogP contribution in [0.1, 0.15) is 33.9 Å². The fourth-order valence-electron chi connectivity index (χ4n) is 3.02. The first-order chi connectivity index (χ1) is 12.0. The lowest BCUT2D eigenvalue weighted by Gasteiger charge is -2.14. The van der Waals surface area contributed by atoms with E-state index in [0.29, 0.717) is 18.4 Å². The smallest absolute Gasteiger partial charge is 0.315 e. The van der Waals surface area contributed by atoms with Crippen molar-refractivity contribution >= 4 is 17.6 Å². The lowest BCUT2D eigenvalue weighted by Crippen LogP contribution is -2.34. The van der Waals surface area contributed by atoms with E-state index >= 15 is 0 Å². The maximum atomic E-state index is 13.3. The van der Waals surface area contributed by atoms with Crippen LogP contribution in [0.25, 0.3) is 0 Å². The van der Waals surface area contributed by atoms with E-state index < -0.39 is 17.5 Å². The monoisotopic (exact) mass is 345 g/mol. The molecule has 0 saturated heterocycles.